The van der Waals surface area contributed by atoms with Crippen LogP contribution in [-0.4, -0.2) is 31.1 Å². The minimum Gasteiger partial charge on any atom is -0.481 e. The summed E-state index contributed by atoms with van der Waals surface area (Å²) in [5, 5.41) is 23.4. The third kappa shape index (κ3) is 6.04. The first-order valence-electron chi connectivity index (χ1n) is 11.4. The molecule has 0 amide bonds. The van der Waals surface area contributed by atoms with Crippen LogP contribution in [-0.2, 0) is 16.6 Å². The summed E-state index contributed by atoms with van der Waals surface area (Å²) < 4.78 is 66.2. The zero-order valence-corrected chi connectivity index (χ0v) is 20.3. The average Bonchev–Trinajstić information content (AvgIpc) is 3.35. The number of carboxylic acids is 1. The number of carboxylic acid groups (broad SMARTS) is 1. The number of hydrogen-bond donors (Lipinski definition) is 3. The molecular formula is C24H23F5N4O3S. The van der Waals surface area contributed by atoms with Gasteiger partial charge in [0, 0.05) is 23.6 Å². The normalized spacial score (nSPS) is 20.0. The Morgan fingerprint density at radius 2 is 1.84 bits per heavy atom. The number of thiazole rings is 1. The van der Waals surface area contributed by atoms with Crippen LogP contribution in [0.25, 0.3) is 10.4 Å². The van der Waals surface area contributed by atoms with Crippen LogP contribution in [0.3, 0.4) is 0 Å². The van der Waals surface area contributed by atoms with E-state index in [1.54, 1.807) is 6.92 Å². The summed E-state index contributed by atoms with van der Waals surface area (Å²) in [4.78, 5) is 23.2. The Bertz CT molecular complexity index is 1270. The van der Waals surface area contributed by atoms with Crippen molar-refractivity contribution in [2.24, 2.45) is 11.8 Å². The summed E-state index contributed by atoms with van der Waals surface area (Å²) in [6, 6.07) is 4.49. The highest BCUT2D eigenvalue weighted by Gasteiger charge is 2.40. The van der Waals surface area contributed by atoms with E-state index < -0.39 is 41.7 Å². The van der Waals surface area contributed by atoms with E-state index in [0.29, 0.717) is 47.2 Å². The molecule has 13 heteroatoms. The second-order valence-corrected chi connectivity index (χ2v) is 10.1. The van der Waals surface area contributed by atoms with Gasteiger partial charge in [-0.05, 0) is 68.4 Å². The predicted octanol–water partition coefficient (Wildman–Crippen LogP) is 6.40. The van der Waals surface area contributed by atoms with Crippen LogP contribution in [0.15, 0.2) is 36.7 Å². The van der Waals surface area contributed by atoms with E-state index in [1.807, 2.05) is 0 Å². The van der Waals surface area contributed by atoms with Crippen LogP contribution >= 0.6 is 11.3 Å². The number of hydrogen-bond acceptors (Lipinski definition) is 7. The maximum atomic E-state index is 13.6. The van der Waals surface area contributed by atoms with Crippen molar-refractivity contribution in [1.82, 2.24) is 15.0 Å². The highest BCUT2D eigenvalue weighted by Crippen LogP contribution is 2.44. The Labute approximate surface area is 212 Å². The van der Waals surface area contributed by atoms with Gasteiger partial charge in [0.15, 0.2) is 0 Å². The van der Waals surface area contributed by atoms with Crippen LogP contribution in [0, 0.1) is 11.8 Å². The number of aliphatic hydroxyl groups is 1. The highest BCUT2D eigenvalue weighted by atomic mass is 32.1. The summed E-state index contributed by atoms with van der Waals surface area (Å²) in [5.74, 6) is -1.92. The molecule has 0 radical (unpaired) electrons. The number of nitrogens with zero attached hydrogens (tertiary/aromatic N) is 3. The van der Waals surface area contributed by atoms with E-state index in [-0.39, 0.29) is 17.2 Å². The maximum Gasteiger partial charge on any atom is 0.433 e. The molecule has 0 aliphatic heterocycles. The molecule has 4 rings (SSSR count). The van der Waals surface area contributed by atoms with Crippen LogP contribution in [0.2, 0.25) is 0 Å². The van der Waals surface area contributed by atoms with E-state index in [4.69, 9.17) is 0 Å². The molecule has 0 spiro atoms. The lowest BCUT2D eigenvalue weighted by molar-refractivity contribution is -0.144. The van der Waals surface area contributed by atoms with Crippen molar-refractivity contribution in [3.63, 3.8) is 0 Å². The van der Waals surface area contributed by atoms with Crippen molar-refractivity contribution >= 4 is 28.9 Å². The molecule has 1 aliphatic carbocycles. The molecule has 7 nitrogen and oxygen atoms in total. The minimum absolute atomic E-state index is 0.0563. The summed E-state index contributed by atoms with van der Waals surface area (Å²) in [6.45, 7) is 1.61. The molecule has 3 aromatic rings. The second-order valence-electron chi connectivity index (χ2n) is 9.10. The lowest BCUT2D eigenvalue weighted by Gasteiger charge is -2.35. The molecule has 1 aliphatic rings. The molecule has 37 heavy (non-hydrogen) atoms. The largest absolute Gasteiger partial charge is 0.481 e. The maximum absolute atomic E-state index is 13.6. The molecule has 2 heterocycles. The van der Waals surface area contributed by atoms with Gasteiger partial charge in [0.1, 0.15) is 16.3 Å². The fraction of sp³-hybridized carbons (Fsp3) is 0.417. The Balaban J connectivity index is 1.60. The molecule has 0 saturated heterocycles. The Morgan fingerprint density at radius 3 is 2.46 bits per heavy atom. The van der Waals surface area contributed by atoms with Crippen molar-refractivity contribution in [1.29, 1.82) is 0 Å². The number of aromatic nitrogens is 3. The van der Waals surface area contributed by atoms with Gasteiger partial charge >= 0.3 is 12.1 Å². The molecular weight excluding hydrogens is 519 g/mol. The summed E-state index contributed by atoms with van der Waals surface area (Å²) >= 11 is 1.10. The van der Waals surface area contributed by atoms with E-state index in [9.17, 15) is 37.0 Å². The third-order valence-electron chi connectivity index (χ3n) is 6.50. The molecule has 1 unspecified atom stereocenters. The molecule has 3 N–H and O–H groups in total. The molecule has 1 fully saturated rings. The van der Waals surface area contributed by atoms with Gasteiger partial charge < -0.3 is 15.5 Å². The number of rotatable bonds is 7. The van der Waals surface area contributed by atoms with Gasteiger partial charge in [0.25, 0.3) is 6.43 Å². The number of anilines is 2. The van der Waals surface area contributed by atoms with E-state index >= 15 is 0 Å². The van der Waals surface area contributed by atoms with Gasteiger partial charge in [-0.15, -0.1) is 11.3 Å². The number of aliphatic carboxylic acids is 1. The van der Waals surface area contributed by atoms with Crippen molar-refractivity contribution in [2.75, 3.05) is 5.32 Å². The SMILES string of the molecule is CC(O)(c1ncc(-c2cc(Nc3nccc(C(F)(F)F)n3)cc(C(F)F)c2)s1)C1CCC(C(=O)O)CC1. The summed E-state index contributed by atoms with van der Waals surface area (Å²) in [5.41, 5.74) is -2.52. The van der Waals surface area contributed by atoms with Gasteiger partial charge in [0.2, 0.25) is 5.95 Å². The van der Waals surface area contributed by atoms with Gasteiger partial charge in [-0.3, -0.25) is 4.79 Å². The van der Waals surface area contributed by atoms with Crippen molar-refractivity contribution < 1.29 is 37.0 Å². The van der Waals surface area contributed by atoms with Gasteiger partial charge in [-0.1, -0.05) is 0 Å². The number of halogens is 5. The lowest BCUT2D eigenvalue weighted by Crippen LogP contribution is -2.35. The van der Waals surface area contributed by atoms with Crippen LogP contribution in [0.4, 0.5) is 33.6 Å². The van der Waals surface area contributed by atoms with E-state index in [0.717, 1.165) is 23.6 Å². The Kier molecular flexibility index (Phi) is 7.47. The van der Waals surface area contributed by atoms with Gasteiger partial charge in [-0.2, -0.15) is 13.2 Å². The first kappa shape index (κ1) is 26.9. The molecule has 1 aromatic carbocycles. The molecule has 1 atom stereocenters. The highest BCUT2D eigenvalue weighted by molar-refractivity contribution is 7.15. The molecule has 2 aromatic heterocycles. The van der Waals surface area contributed by atoms with Crippen LogP contribution < -0.4 is 5.32 Å². The average molecular weight is 543 g/mol. The number of benzene rings is 1. The first-order chi connectivity index (χ1) is 17.3. The Hall–Kier alpha value is -3.19. The quantitative estimate of drug-likeness (QED) is 0.297. The number of alkyl halides is 5. The standard InChI is InChI=1S/C24H23F5N4O3S/c1-23(36,15-4-2-12(3-5-15)20(34)35)21-31-11-17(37-21)13-8-14(19(25)26)10-16(9-13)32-22-30-7-6-18(33-22)24(27,28)29/h6-12,15,19,36H,2-5H2,1H3,(H,34,35)(H,30,32,33). The van der Waals surface area contributed by atoms with E-state index in [1.165, 1.54) is 18.3 Å². The Morgan fingerprint density at radius 1 is 1.14 bits per heavy atom. The van der Waals surface area contributed by atoms with Gasteiger partial charge in [-0.25, -0.2) is 23.7 Å². The third-order valence-corrected chi connectivity index (χ3v) is 7.78. The van der Waals surface area contributed by atoms with Crippen LogP contribution in [0.5, 0.6) is 0 Å². The lowest BCUT2D eigenvalue weighted by atomic mass is 9.74. The van der Waals surface area contributed by atoms with Crippen molar-refractivity contribution in [3.8, 4) is 10.4 Å². The van der Waals surface area contributed by atoms with Crippen LogP contribution in [0.1, 0.15) is 55.3 Å². The van der Waals surface area contributed by atoms with E-state index in [2.05, 4.69) is 20.3 Å². The molecule has 198 valence electrons. The topological polar surface area (TPSA) is 108 Å². The van der Waals surface area contributed by atoms with Gasteiger partial charge in [0.05, 0.1) is 10.8 Å². The fourth-order valence-electron chi connectivity index (χ4n) is 4.42. The fourth-order valence-corrected chi connectivity index (χ4v) is 5.44. The van der Waals surface area contributed by atoms with Crippen molar-refractivity contribution in [2.45, 2.75) is 50.8 Å². The molecule has 1 saturated carbocycles. The smallest absolute Gasteiger partial charge is 0.433 e. The molecule has 0 bridgehead atoms. The van der Waals surface area contributed by atoms with Crippen molar-refractivity contribution in [3.05, 3.63) is 52.9 Å². The summed E-state index contributed by atoms with van der Waals surface area (Å²) in [7, 11) is 0. The first-order valence-corrected chi connectivity index (χ1v) is 12.2. The zero-order valence-electron chi connectivity index (χ0n) is 19.5. The summed E-state index contributed by atoms with van der Waals surface area (Å²) in [6.07, 6.45) is -3.31. The number of nitrogens with one attached hydrogen (secondary N) is 1. The predicted molar refractivity (Wildman–Crippen MR) is 125 cm³/mol. The zero-order chi connectivity index (χ0) is 27.0. The monoisotopic (exact) mass is 542 g/mol. The minimum atomic E-state index is -4.70. The number of carbonyl (C=O) groups is 1. The second kappa shape index (κ2) is 10.3.